The van der Waals surface area contributed by atoms with E-state index in [-0.39, 0.29) is 0 Å². The second-order valence-corrected chi connectivity index (χ2v) is 6.34. The Hall–Kier alpha value is -0.120. The highest BCUT2D eigenvalue weighted by Gasteiger charge is 2.31. The molecule has 1 aliphatic heterocycles. The largest absolute Gasteiger partial charge is 0.330 e. The van der Waals surface area contributed by atoms with Gasteiger partial charge in [-0.2, -0.15) is 0 Å². The highest BCUT2D eigenvalue weighted by molar-refractivity contribution is 4.87. The molecule has 2 N–H and O–H groups in total. The van der Waals surface area contributed by atoms with Crippen LogP contribution < -0.4 is 5.73 Å². The van der Waals surface area contributed by atoms with Gasteiger partial charge >= 0.3 is 0 Å². The molecule has 0 spiro atoms. The Balaban J connectivity index is 2.01. The number of likely N-dealkylation sites (N-methyl/N-ethyl adjacent to an activating group) is 1. The molecule has 2 atom stereocenters. The summed E-state index contributed by atoms with van der Waals surface area (Å²) in [5, 5.41) is 0. The normalized spacial score (nSPS) is 33.5. The van der Waals surface area contributed by atoms with Crippen molar-refractivity contribution in [3.8, 4) is 0 Å². The van der Waals surface area contributed by atoms with Crippen LogP contribution in [0.3, 0.4) is 0 Å². The van der Waals surface area contributed by atoms with Gasteiger partial charge < -0.3 is 10.6 Å². The lowest BCUT2D eigenvalue weighted by Crippen LogP contribution is -2.47. The number of nitrogens with two attached hydrogens (primary N) is 1. The first-order chi connectivity index (χ1) is 8.72. The second-order valence-electron chi connectivity index (χ2n) is 6.34. The fraction of sp³-hybridized carbons (Fsp3) is 1.00. The van der Waals surface area contributed by atoms with E-state index in [4.69, 9.17) is 5.73 Å². The van der Waals surface area contributed by atoms with Gasteiger partial charge in [0.1, 0.15) is 0 Å². The molecule has 1 aliphatic carbocycles. The van der Waals surface area contributed by atoms with E-state index in [9.17, 15) is 0 Å². The standard InChI is InChI=1S/C15H31N3/c1-13-9-11-17(2)15(8-10-16)12-18(13)14-6-4-3-5-7-14/h13-15H,3-12,16H2,1-2H3. The first-order valence-corrected chi connectivity index (χ1v) is 7.88. The molecule has 106 valence electrons. The van der Waals surface area contributed by atoms with Gasteiger partial charge in [0, 0.05) is 24.7 Å². The lowest BCUT2D eigenvalue weighted by Gasteiger charge is -2.39. The van der Waals surface area contributed by atoms with Crippen LogP contribution in [-0.2, 0) is 0 Å². The molecule has 0 aromatic carbocycles. The first-order valence-electron chi connectivity index (χ1n) is 7.88. The minimum absolute atomic E-state index is 0.668. The molecular formula is C15H31N3. The molecular weight excluding hydrogens is 222 g/mol. The molecule has 3 nitrogen and oxygen atoms in total. The maximum Gasteiger partial charge on any atom is 0.0232 e. The Bertz CT molecular complexity index is 238. The third kappa shape index (κ3) is 3.46. The monoisotopic (exact) mass is 253 g/mol. The summed E-state index contributed by atoms with van der Waals surface area (Å²) in [4.78, 5) is 5.34. The van der Waals surface area contributed by atoms with E-state index in [0.717, 1.165) is 25.0 Å². The van der Waals surface area contributed by atoms with Gasteiger partial charge in [-0.3, -0.25) is 4.90 Å². The van der Waals surface area contributed by atoms with Gasteiger partial charge in [0.2, 0.25) is 0 Å². The van der Waals surface area contributed by atoms with Crippen LogP contribution in [0.15, 0.2) is 0 Å². The van der Waals surface area contributed by atoms with Crippen molar-refractivity contribution in [1.29, 1.82) is 0 Å². The van der Waals surface area contributed by atoms with Gasteiger partial charge in [0.25, 0.3) is 0 Å². The third-order valence-electron chi connectivity index (χ3n) is 5.05. The first kappa shape index (κ1) is 14.3. The summed E-state index contributed by atoms with van der Waals surface area (Å²) in [5.41, 5.74) is 5.79. The van der Waals surface area contributed by atoms with Gasteiger partial charge in [0.05, 0.1) is 0 Å². The van der Waals surface area contributed by atoms with Crippen LogP contribution in [0.4, 0.5) is 0 Å². The molecule has 18 heavy (non-hydrogen) atoms. The van der Waals surface area contributed by atoms with Crippen LogP contribution in [0.2, 0.25) is 0 Å². The molecule has 2 fully saturated rings. The van der Waals surface area contributed by atoms with Crippen molar-refractivity contribution in [2.24, 2.45) is 5.73 Å². The van der Waals surface area contributed by atoms with Gasteiger partial charge in [-0.25, -0.2) is 0 Å². The van der Waals surface area contributed by atoms with Crippen LogP contribution in [0, 0.1) is 0 Å². The van der Waals surface area contributed by atoms with Crippen LogP contribution in [0.1, 0.15) is 51.9 Å². The van der Waals surface area contributed by atoms with E-state index < -0.39 is 0 Å². The molecule has 2 unspecified atom stereocenters. The zero-order valence-corrected chi connectivity index (χ0v) is 12.3. The summed E-state index contributed by atoms with van der Waals surface area (Å²) in [5.74, 6) is 0. The van der Waals surface area contributed by atoms with Gasteiger partial charge in [-0.05, 0) is 52.7 Å². The van der Waals surface area contributed by atoms with Crippen LogP contribution in [0.25, 0.3) is 0 Å². The molecule has 0 radical (unpaired) electrons. The van der Waals surface area contributed by atoms with Gasteiger partial charge in [-0.1, -0.05) is 19.3 Å². The highest BCUT2D eigenvalue weighted by atomic mass is 15.3. The quantitative estimate of drug-likeness (QED) is 0.835. The van der Waals surface area contributed by atoms with Crippen LogP contribution in [0.5, 0.6) is 0 Å². The zero-order chi connectivity index (χ0) is 13.0. The summed E-state index contributed by atoms with van der Waals surface area (Å²) in [6.07, 6.45) is 9.62. The van der Waals surface area contributed by atoms with E-state index in [1.54, 1.807) is 0 Å². The Labute approximate surface area is 113 Å². The van der Waals surface area contributed by atoms with Crippen LogP contribution >= 0.6 is 0 Å². The molecule has 1 saturated heterocycles. The number of nitrogens with zero attached hydrogens (tertiary/aromatic N) is 2. The Morgan fingerprint density at radius 1 is 1.11 bits per heavy atom. The fourth-order valence-corrected chi connectivity index (χ4v) is 3.73. The van der Waals surface area contributed by atoms with E-state index >= 15 is 0 Å². The van der Waals surface area contributed by atoms with E-state index in [1.807, 2.05) is 0 Å². The van der Waals surface area contributed by atoms with Crippen molar-refractivity contribution in [2.75, 3.05) is 26.7 Å². The van der Waals surface area contributed by atoms with E-state index in [2.05, 4.69) is 23.8 Å². The van der Waals surface area contributed by atoms with Gasteiger partial charge in [-0.15, -0.1) is 0 Å². The summed E-state index contributed by atoms with van der Waals surface area (Å²) in [6, 6.07) is 2.26. The van der Waals surface area contributed by atoms with Crippen molar-refractivity contribution in [3.63, 3.8) is 0 Å². The predicted octanol–water partition coefficient (Wildman–Crippen LogP) is 2.06. The average Bonchev–Trinajstić information content (AvgIpc) is 2.53. The minimum atomic E-state index is 0.668. The highest BCUT2D eigenvalue weighted by Crippen LogP contribution is 2.27. The van der Waals surface area contributed by atoms with E-state index in [0.29, 0.717) is 6.04 Å². The van der Waals surface area contributed by atoms with Crippen molar-refractivity contribution in [1.82, 2.24) is 9.80 Å². The van der Waals surface area contributed by atoms with Crippen LogP contribution in [-0.4, -0.2) is 54.6 Å². The maximum atomic E-state index is 5.79. The zero-order valence-electron chi connectivity index (χ0n) is 12.3. The topological polar surface area (TPSA) is 32.5 Å². The summed E-state index contributed by atoms with van der Waals surface area (Å²) in [7, 11) is 2.28. The predicted molar refractivity (Wildman–Crippen MR) is 77.7 cm³/mol. The smallest absolute Gasteiger partial charge is 0.0232 e. The molecule has 0 bridgehead atoms. The molecule has 2 rings (SSSR count). The summed E-state index contributed by atoms with van der Waals surface area (Å²) < 4.78 is 0. The molecule has 3 heteroatoms. The summed E-state index contributed by atoms with van der Waals surface area (Å²) >= 11 is 0. The lowest BCUT2D eigenvalue weighted by atomic mass is 9.92. The Morgan fingerprint density at radius 2 is 1.83 bits per heavy atom. The molecule has 0 aromatic heterocycles. The fourth-order valence-electron chi connectivity index (χ4n) is 3.73. The SMILES string of the molecule is CC1CCN(C)C(CCN)CN1C1CCCCC1. The van der Waals surface area contributed by atoms with Crippen molar-refractivity contribution in [3.05, 3.63) is 0 Å². The van der Waals surface area contributed by atoms with E-state index in [1.165, 1.54) is 51.6 Å². The molecule has 0 aromatic rings. The van der Waals surface area contributed by atoms with Crippen molar-refractivity contribution in [2.45, 2.75) is 70.0 Å². The van der Waals surface area contributed by atoms with Crippen molar-refractivity contribution < 1.29 is 0 Å². The Kier molecular flexibility index (Phi) is 5.46. The molecule has 0 amide bonds. The maximum absolute atomic E-state index is 5.79. The summed E-state index contributed by atoms with van der Waals surface area (Å²) in [6.45, 7) is 5.71. The molecule has 1 saturated carbocycles. The molecule has 2 aliphatic rings. The van der Waals surface area contributed by atoms with Gasteiger partial charge in [0.15, 0.2) is 0 Å². The third-order valence-corrected chi connectivity index (χ3v) is 5.05. The van der Waals surface area contributed by atoms with Crippen molar-refractivity contribution >= 4 is 0 Å². The molecule has 1 heterocycles. The Morgan fingerprint density at radius 3 is 2.50 bits per heavy atom. The number of rotatable bonds is 3. The lowest BCUT2D eigenvalue weighted by molar-refractivity contribution is 0.0997. The number of hydrogen-bond acceptors (Lipinski definition) is 3. The average molecular weight is 253 g/mol. The number of hydrogen-bond donors (Lipinski definition) is 1. The second kappa shape index (κ2) is 6.88. The minimum Gasteiger partial charge on any atom is -0.330 e.